The SMILES string of the molecule is CC(C(N)=S)N1CCN(c2ncccc2S(C)(=O)=O)CC1. The summed E-state index contributed by atoms with van der Waals surface area (Å²) in [6, 6.07) is 3.30. The van der Waals surface area contributed by atoms with E-state index in [-0.39, 0.29) is 10.9 Å². The third-order valence-electron chi connectivity index (χ3n) is 3.72. The Morgan fingerprint density at radius 2 is 2.00 bits per heavy atom. The van der Waals surface area contributed by atoms with Crippen molar-refractivity contribution in [3.63, 3.8) is 0 Å². The monoisotopic (exact) mass is 328 g/mol. The highest BCUT2D eigenvalue weighted by Gasteiger charge is 2.26. The van der Waals surface area contributed by atoms with Crippen molar-refractivity contribution in [2.75, 3.05) is 37.3 Å². The van der Waals surface area contributed by atoms with E-state index in [1.807, 2.05) is 11.8 Å². The van der Waals surface area contributed by atoms with Crippen molar-refractivity contribution in [1.29, 1.82) is 0 Å². The molecule has 0 aromatic carbocycles. The fourth-order valence-electron chi connectivity index (χ4n) is 2.41. The van der Waals surface area contributed by atoms with Gasteiger partial charge in [0, 0.05) is 38.6 Å². The van der Waals surface area contributed by atoms with Crippen LogP contribution in [0.1, 0.15) is 6.92 Å². The molecule has 6 nitrogen and oxygen atoms in total. The predicted octanol–water partition coefficient (Wildman–Crippen LogP) is 0.282. The van der Waals surface area contributed by atoms with E-state index in [0.29, 0.717) is 23.9 Å². The van der Waals surface area contributed by atoms with Crippen LogP contribution >= 0.6 is 12.2 Å². The van der Waals surface area contributed by atoms with E-state index in [1.54, 1.807) is 18.3 Å². The molecule has 116 valence electrons. The number of anilines is 1. The molecule has 1 saturated heterocycles. The van der Waals surface area contributed by atoms with Gasteiger partial charge in [-0.1, -0.05) is 12.2 Å². The first-order valence-electron chi connectivity index (χ1n) is 6.74. The molecule has 1 aliphatic heterocycles. The molecular formula is C13H20N4O2S2. The first-order valence-corrected chi connectivity index (χ1v) is 9.04. The Labute approximate surface area is 130 Å². The number of pyridine rings is 1. The van der Waals surface area contributed by atoms with Gasteiger partial charge in [0.15, 0.2) is 9.84 Å². The molecule has 1 aliphatic rings. The number of hydrogen-bond acceptors (Lipinski definition) is 6. The van der Waals surface area contributed by atoms with E-state index >= 15 is 0 Å². The second kappa shape index (κ2) is 6.25. The van der Waals surface area contributed by atoms with E-state index in [1.165, 1.54) is 6.26 Å². The molecule has 1 aromatic rings. The molecule has 1 unspecified atom stereocenters. The average Bonchev–Trinajstić information content (AvgIpc) is 2.45. The van der Waals surface area contributed by atoms with Crippen molar-refractivity contribution < 1.29 is 8.42 Å². The first kappa shape index (κ1) is 16.1. The predicted molar refractivity (Wildman–Crippen MR) is 87.4 cm³/mol. The van der Waals surface area contributed by atoms with Gasteiger partial charge in [-0.15, -0.1) is 0 Å². The first-order chi connectivity index (χ1) is 9.80. The molecule has 0 aliphatic carbocycles. The summed E-state index contributed by atoms with van der Waals surface area (Å²) < 4.78 is 23.7. The molecule has 2 rings (SSSR count). The number of piperazine rings is 1. The van der Waals surface area contributed by atoms with Gasteiger partial charge in [-0.25, -0.2) is 13.4 Å². The lowest BCUT2D eigenvalue weighted by atomic mass is 10.2. The highest BCUT2D eigenvalue weighted by Crippen LogP contribution is 2.23. The fraction of sp³-hybridized carbons (Fsp3) is 0.538. The fourth-order valence-corrected chi connectivity index (χ4v) is 3.40. The van der Waals surface area contributed by atoms with Gasteiger partial charge >= 0.3 is 0 Å². The standard InChI is InChI=1S/C13H20N4O2S2/c1-10(12(14)20)16-6-8-17(9-7-16)13-11(21(2,18)19)4-3-5-15-13/h3-5,10H,6-9H2,1-2H3,(H2,14,20). The summed E-state index contributed by atoms with van der Waals surface area (Å²) >= 11 is 5.02. The highest BCUT2D eigenvalue weighted by atomic mass is 32.2. The highest BCUT2D eigenvalue weighted by molar-refractivity contribution is 7.90. The number of sulfone groups is 1. The number of thiocarbonyl (C=S) groups is 1. The van der Waals surface area contributed by atoms with Gasteiger partial charge in [-0.2, -0.15) is 0 Å². The van der Waals surface area contributed by atoms with Crippen molar-refractivity contribution in [3.05, 3.63) is 18.3 Å². The molecule has 8 heteroatoms. The van der Waals surface area contributed by atoms with Crippen LogP contribution < -0.4 is 10.6 Å². The maximum absolute atomic E-state index is 11.8. The molecule has 2 heterocycles. The number of aromatic nitrogens is 1. The van der Waals surface area contributed by atoms with Crippen LogP contribution in [-0.4, -0.2) is 61.8 Å². The van der Waals surface area contributed by atoms with Gasteiger partial charge in [0.2, 0.25) is 0 Å². The van der Waals surface area contributed by atoms with Crippen LogP contribution in [0.2, 0.25) is 0 Å². The minimum absolute atomic E-state index is 0.0558. The van der Waals surface area contributed by atoms with Crippen LogP contribution in [0.4, 0.5) is 5.82 Å². The normalized spacial score (nSPS) is 18.5. The van der Waals surface area contributed by atoms with Crippen LogP contribution in [0.15, 0.2) is 23.2 Å². The van der Waals surface area contributed by atoms with E-state index < -0.39 is 9.84 Å². The second-order valence-corrected chi connectivity index (χ2v) is 7.65. The molecule has 1 fully saturated rings. The van der Waals surface area contributed by atoms with Crippen LogP contribution in [0.5, 0.6) is 0 Å². The summed E-state index contributed by atoms with van der Waals surface area (Å²) in [5.74, 6) is 0.530. The second-order valence-electron chi connectivity index (χ2n) is 5.20. The Bertz CT molecular complexity index is 625. The zero-order valence-corrected chi connectivity index (χ0v) is 13.8. The van der Waals surface area contributed by atoms with Crippen LogP contribution in [-0.2, 0) is 9.84 Å². The van der Waals surface area contributed by atoms with Gasteiger partial charge in [-0.3, -0.25) is 4.90 Å². The summed E-state index contributed by atoms with van der Waals surface area (Å²) in [7, 11) is -3.28. The van der Waals surface area contributed by atoms with E-state index in [9.17, 15) is 8.42 Å². The lowest BCUT2D eigenvalue weighted by molar-refractivity contribution is 0.238. The molecule has 2 N–H and O–H groups in total. The topological polar surface area (TPSA) is 79.5 Å². The molecule has 0 radical (unpaired) electrons. The van der Waals surface area contributed by atoms with Crippen LogP contribution in [0.25, 0.3) is 0 Å². The van der Waals surface area contributed by atoms with Gasteiger partial charge in [0.1, 0.15) is 10.7 Å². The third kappa shape index (κ3) is 3.69. The van der Waals surface area contributed by atoms with Gasteiger partial charge in [-0.05, 0) is 19.1 Å². The Morgan fingerprint density at radius 3 is 2.52 bits per heavy atom. The average molecular weight is 328 g/mol. The summed E-state index contributed by atoms with van der Waals surface area (Å²) in [6.07, 6.45) is 2.83. The van der Waals surface area contributed by atoms with E-state index in [2.05, 4.69) is 9.88 Å². The van der Waals surface area contributed by atoms with Gasteiger partial charge in [0.25, 0.3) is 0 Å². The van der Waals surface area contributed by atoms with Crippen molar-refractivity contribution >= 4 is 32.9 Å². The number of nitrogens with two attached hydrogens (primary N) is 1. The quantitative estimate of drug-likeness (QED) is 0.795. The number of rotatable bonds is 4. The summed E-state index contributed by atoms with van der Waals surface area (Å²) in [4.78, 5) is 9.21. The maximum atomic E-state index is 11.8. The lowest BCUT2D eigenvalue weighted by Crippen LogP contribution is -2.53. The van der Waals surface area contributed by atoms with Gasteiger partial charge in [0.05, 0.1) is 11.0 Å². The zero-order chi connectivity index (χ0) is 15.6. The molecule has 0 amide bonds. The molecule has 0 saturated carbocycles. The number of nitrogens with zero attached hydrogens (tertiary/aromatic N) is 3. The molecule has 1 aromatic heterocycles. The summed E-state index contributed by atoms with van der Waals surface area (Å²) in [5.41, 5.74) is 5.68. The van der Waals surface area contributed by atoms with Crippen LogP contribution in [0, 0.1) is 0 Å². The molecule has 1 atom stereocenters. The van der Waals surface area contributed by atoms with E-state index in [4.69, 9.17) is 18.0 Å². The number of hydrogen-bond donors (Lipinski definition) is 1. The molecule has 0 spiro atoms. The largest absolute Gasteiger partial charge is 0.392 e. The van der Waals surface area contributed by atoms with Crippen molar-refractivity contribution in [2.24, 2.45) is 5.73 Å². The lowest BCUT2D eigenvalue weighted by Gasteiger charge is -2.38. The van der Waals surface area contributed by atoms with Crippen molar-refractivity contribution in [3.8, 4) is 0 Å². The Morgan fingerprint density at radius 1 is 1.38 bits per heavy atom. The van der Waals surface area contributed by atoms with E-state index in [0.717, 1.165) is 13.1 Å². The Balaban J connectivity index is 2.15. The van der Waals surface area contributed by atoms with Gasteiger partial charge < -0.3 is 10.6 Å². The molecule has 21 heavy (non-hydrogen) atoms. The zero-order valence-electron chi connectivity index (χ0n) is 12.2. The Hall–Kier alpha value is -1.25. The van der Waals surface area contributed by atoms with Crippen LogP contribution in [0.3, 0.4) is 0 Å². The minimum Gasteiger partial charge on any atom is -0.392 e. The molecule has 0 bridgehead atoms. The summed E-state index contributed by atoms with van der Waals surface area (Å²) in [6.45, 7) is 4.94. The summed E-state index contributed by atoms with van der Waals surface area (Å²) in [5, 5.41) is 0. The Kier molecular flexibility index (Phi) is 4.80. The molecular weight excluding hydrogens is 308 g/mol. The minimum atomic E-state index is -3.28. The van der Waals surface area contributed by atoms with Crippen molar-refractivity contribution in [1.82, 2.24) is 9.88 Å². The maximum Gasteiger partial charge on any atom is 0.179 e. The third-order valence-corrected chi connectivity index (χ3v) is 5.18. The smallest absolute Gasteiger partial charge is 0.179 e. The van der Waals surface area contributed by atoms with Crippen molar-refractivity contribution in [2.45, 2.75) is 17.9 Å².